The SMILES string of the molecule is Cn1cnc(-c2ccc(F)cc2)c1-c1ncc(C(=O)Nc2ccc(CCO)cc2Cl)[nH]1. The Balaban J connectivity index is 1.58. The first-order valence-electron chi connectivity index (χ1n) is 9.49. The van der Waals surface area contributed by atoms with Gasteiger partial charge in [0.25, 0.3) is 5.91 Å². The molecule has 31 heavy (non-hydrogen) atoms. The van der Waals surface area contributed by atoms with Gasteiger partial charge in [0.1, 0.15) is 17.2 Å². The van der Waals surface area contributed by atoms with Crippen LogP contribution in [0.1, 0.15) is 16.1 Å². The molecule has 0 radical (unpaired) electrons. The normalized spacial score (nSPS) is 11.0. The number of nitrogens with one attached hydrogen (secondary N) is 2. The first kappa shape index (κ1) is 20.8. The van der Waals surface area contributed by atoms with E-state index < -0.39 is 5.91 Å². The van der Waals surface area contributed by atoms with Crippen LogP contribution in [0.2, 0.25) is 5.02 Å². The number of hydrogen-bond donors (Lipinski definition) is 3. The maximum Gasteiger partial charge on any atom is 0.273 e. The van der Waals surface area contributed by atoms with Gasteiger partial charge in [0.05, 0.1) is 28.9 Å². The van der Waals surface area contributed by atoms with Crippen molar-refractivity contribution in [1.82, 2.24) is 19.5 Å². The lowest BCUT2D eigenvalue weighted by Gasteiger charge is -2.08. The maximum atomic E-state index is 13.3. The Labute approximate surface area is 182 Å². The predicted molar refractivity (Wildman–Crippen MR) is 116 cm³/mol. The molecular weight excluding hydrogens is 421 g/mol. The van der Waals surface area contributed by atoms with Gasteiger partial charge >= 0.3 is 0 Å². The van der Waals surface area contributed by atoms with E-state index in [9.17, 15) is 9.18 Å². The highest BCUT2D eigenvalue weighted by molar-refractivity contribution is 6.34. The average Bonchev–Trinajstić information content (AvgIpc) is 3.37. The number of aliphatic hydroxyl groups excluding tert-OH is 1. The smallest absolute Gasteiger partial charge is 0.273 e. The van der Waals surface area contributed by atoms with E-state index in [-0.39, 0.29) is 18.1 Å². The molecule has 158 valence electrons. The molecule has 7 nitrogen and oxygen atoms in total. The van der Waals surface area contributed by atoms with E-state index in [1.165, 1.54) is 18.3 Å². The number of aryl methyl sites for hydroxylation is 1. The molecule has 2 aromatic heterocycles. The molecule has 0 aliphatic heterocycles. The van der Waals surface area contributed by atoms with Gasteiger partial charge in [0.2, 0.25) is 0 Å². The molecule has 0 aliphatic carbocycles. The minimum atomic E-state index is -0.402. The lowest BCUT2D eigenvalue weighted by Crippen LogP contribution is -2.13. The van der Waals surface area contributed by atoms with Crippen LogP contribution in [0, 0.1) is 5.82 Å². The standard InChI is InChI=1S/C22H19ClFN5O2/c1-29-12-26-19(14-3-5-15(24)6-4-14)20(29)21-25-11-18(27-21)22(31)28-17-7-2-13(8-9-30)10-16(17)23/h2-7,10-12,30H,8-9H2,1H3,(H,25,27)(H,28,31). The van der Waals surface area contributed by atoms with E-state index in [1.54, 1.807) is 41.2 Å². The molecule has 0 spiro atoms. The number of aromatic amines is 1. The van der Waals surface area contributed by atoms with Crippen molar-refractivity contribution in [2.45, 2.75) is 6.42 Å². The number of carbonyl (C=O) groups is 1. The van der Waals surface area contributed by atoms with Crippen molar-refractivity contribution in [2.24, 2.45) is 7.05 Å². The molecule has 9 heteroatoms. The molecule has 0 unspecified atom stereocenters. The first-order valence-corrected chi connectivity index (χ1v) is 9.87. The number of rotatable bonds is 6. The molecule has 0 saturated carbocycles. The van der Waals surface area contributed by atoms with E-state index in [4.69, 9.17) is 16.7 Å². The van der Waals surface area contributed by atoms with Crippen molar-refractivity contribution in [1.29, 1.82) is 0 Å². The van der Waals surface area contributed by atoms with Gasteiger partial charge in [-0.25, -0.2) is 14.4 Å². The maximum absolute atomic E-state index is 13.3. The Morgan fingerprint density at radius 2 is 2.00 bits per heavy atom. The number of anilines is 1. The molecule has 2 aromatic carbocycles. The van der Waals surface area contributed by atoms with E-state index in [1.807, 2.05) is 7.05 Å². The highest BCUT2D eigenvalue weighted by Crippen LogP contribution is 2.29. The zero-order valence-electron chi connectivity index (χ0n) is 16.6. The van der Waals surface area contributed by atoms with Crippen LogP contribution in [0.3, 0.4) is 0 Å². The third-order valence-corrected chi connectivity index (χ3v) is 5.09. The van der Waals surface area contributed by atoms with Gasteiger partial charge < -0.3 is 20.0 Å². The van der Waals surface area contributed by atoms with Crippen molar-refractivity contribution < 1.29 is 14.3 Å². The van der Waals surface area contributed by atoms with Crippen LogP contribution in [-0.4, -0.2) is 37.1 Å². The van der Waals surface area contributed by atoms with Crippen molar-refractivity contribution in [3.05, 3.63) is 77.1 Å². The van der Waals surface area contributed by atoms with Crippen molar-refractivity contribution in [3.8, 4) is 22.8 Å². The fourth-order valence-corrected chi connectivity index (χ4v) is 3.47. The molecule has 3 N–H and O–H groups in total. The Bertz CT molecular complexity index is 1230. The van der Waals surface area contributed by atoms with Gasteiger partial charge in [-0.15, -0.1) is 0 Å². The number of imidazole rings is 2. The number of aromatic nitrogens is 4. The number of halogens is 2. The summed E-state index contributed by atoms with van der Waals surface area (Å²) in [5, 5.41) is 12.2. The fourth-order valence-electron chi connectivity index (χ4n) is 3.22. The predicted octanol–water partition coefficient (Wildman–Crippen LogP) is 4.06. The van der Waals surface area contributed by atoms with Gasteiger partial charge in [-0.05, 0) is 48.4 Å². The monoisotopic (exact) mass is 439 g/mol. The Kier molecular flexibility index (Phi) is 5.83. The molecule has 0 saturated heterocycles. The van der Waals surface area contributed by atoms with E-state index in [2.05, 4.69) is 20.3 Å². The van der Waals surface area contributed by atoms with E-state index in [0.29, 0.717) is 34.3 Å². The minimum Gasteiger partial charge on any atom is -0.396 e. The number of amides is 1. The van der Waals surface area contributed by atoms with Crippen LogP contribution in [0.4, 0.5) is 10.1 Å². The number of aliphatic hydroxyl groups is 1. The number of benzene rings is 2. The van der Waals surface area contributed by atoms with Crippen LogP contribution in [0.5, 0.6) is 0 Å². The van der Waals surface area contributed by atoms with Gasteiger partial charge in [0.15, 0.2) is 5.82 Å². The summed E-state index contributed by atoms with van der Waals surface area (Å²) in [5.74, 6) is -0.281. The van der Waals surface area contributed by atoms with Crippen molar-refractivity contribution >= 4 is 23.2 Å². The summed E-state index contributed by atoms with van der Waals surface area (Å²) in [6, 6.07) is 11.2. The summed E-state index contributed by atoms with van der Waals surface area (Å²) < 4.78 is 15.1. The summed E-state index contributed by atoms with van der Waals surface area (Å²) in [4.78, 5) is 24.4. The summed E-state index contributed by atoms with van der Waals surface area (Å²) in [6.45, 7) is 0.0207. The van der Waals surface area contributed by atoms with E-state index in [0.717, 1.165) is 11.1 Å². The van der Waals surface area contributed by atoms with Gasteiger partial charge in [-0.1, -0.05) is 17.7 Å². The Morgan fingerprint density at radius 1 is 1.23 bits per heavy atom. The number of nitrogens with zero attached hydrogens (tertiary/aromatic N) is 3. The second-order valence-corrected chi connectivity index (χ2v) is 7.35. The van der Waals surface area contributed by atoms with Crippen LogP contribution in [0.15, 0.2) is 55.0 Å². The Hall–Kier alpha value is -3.49. The van der Waals surface area contributed by atoms with Crippen LogP contribution in [0.25, 0.3) is 22.8 Å². The molecular formula is C22H19ClFN5O2. The van der Waals surface area contributed by atoms with Crippen LogP contribution in [-0.2, 0) is 13.5 Å². The average molecular weight is 440 g/mol. The lowest BCUT2D eigenvalue weighted by molar-refractivity contribution is 0.102. The highest BCUT2D eigenvalue weighted by Gasteiger charge is 2.19. The van der Waals surface area contributed by atoms with Gasteiger partial charge in [-0.2, -0.15) is 0 Å². The van der Waals surface area contributed by atoms with Crippen LogP contribution < -0.4 is 5.32 Å². The second kappa shape index (κ2) is 8.71. The summed E-state index contributed by atoms with van der Waals surface area (Å²) in [5.41, 5.74) is 3.59. The number of carbonyl (C=O) groups excluding carboxylic acids is 1. The molecule has 0 aliphatic rings. The van der Waals surface area contributed by atoms with Crippen molar-refractivity contribution in [3.63, 3.8) is 0 Å². The highest BCUT2D eigenvalue weighted by atomic mass is 35.5. The topological polar surface area (TPSA) is 95.8 Å². The largest absolute Gasteiger partial charge is 0.396 e. The van der Waals surface area contributed by atoms with Crippen molar-refractivity contribution in [2.75, 3.05) is 11.9 Å². The molecule has 1 amide bonds. The van der Waals surface area contributed by atoms with Gasteiger partial charge in [0, 0.05) is 19.2 Å². The van der Waals surface area contributed by atoms with Crippen LogP contribution >= 0.6 is 11.6 Å². The third kappa shape index (κ3) is 4.35. The summed E-state index contributed by atoms with van der Waals surface area (Å²) >= 11 is 6.24. The lowest BCUT2D eigenvalue weighted by atomic mass is 10.1. The molecule has 0 fully saturated rings. The summed E-state index contributed by atoms with van der Waals surface area (Å²) in [7, 11) is 1.81. The van der Waals surface area contributed by atoms with E-state index >= 15 is 0 Å². The molecule has 0 bridgehead atoms. The fraction of sp³-hybridized carbons (Fsp3) is 0.136. The zero-order chi connectivity index (χ0) is 22.0. The molecule has 4 aromatic rings. The Morgan fingerprint density at radius 3 is 2.71 bits per heavy atom. The number of hydrogen-bond acceptors (Lipinski definition) is 4. The summed E-state index contributed by atoms with van der Waals surface area (Å²) in [6.07, 6.45) is 3.54. The quantitative estimate of drug-likeness (QED) is 0.422. The molecule has 0 atom stereocenters. The third-order valence-electron chi connectivity index (χ3n) is 4.78. The molecule has 4 rings (SSSR count). The number of H-pyrrole nitrogens is 1. The second-order valence-electron chi connectivity index (χ2n) is 6.95. The van der Waals surface area contributed by atoms with Gasteiger partial charge in [-0.3, -0.25) is 4.79 Å². The zero-order valence-corrected chi connectivity index (χ0v) is 17.3. The minimum absolute atomic E-state index is 0.0207. The molecule has 2 heterocycles. The first-order chi connectivity index (χ1) is 15.0.